The molecule has 0 saturated heterocycles. The van der Waals surface area contributed by atoms with E-state index in [0.717, 1.165) is 11.3 Å². The summed E-state index contributed by atoms with van der Waals surface area (Å²) in [6, 6.07) is 0. The summed E-state index contributed by atoms with van der Waals surface area (Å²) in [5, 5.41) is 0. The molecule has 0 spiro atoms. The van der Waals surface area contributed by atoms with Crippen molar-refractivity contribution in [3.8, 4) is 0 Å². The summed E-state index contributed by atoms with van der Waals surface area (Å²) in [7, 11) is 0. The summed E-state index contributed by atoms with van der Waals surface area (Å²) in [4.78, 5) is 0. The second-order valence-electron chi connectivity index (χ2n) is 3.51. The lowest BCUT2D eigenvalue weighted by atomic mass is 10.0. The van der Waals surface area contributed by atoms with Crippen LogP contribution in [0.2, 0.25) is 0 Å². The summed E-state index contributed by atoms with van der Waals surface area (Å²) >= 11 is 0. The normalized spacial score (nSPS) is 44.6. The Morgan fingerprint density at radius 1 is 1.62 bits per heavy atom. The molecule has 0 amide bonds. The molecule has 0 heterocycles. The topological polar surface area (TPSA) is 0 Å². The average molecular weight is 112 g/mol. The molecule has 0 bridgehead atoms. The van der Waals surface area contributed by atoms with E-state index in [2.05, 4.69) is 20.8 Å². The van der Waals surface area contributed by atoms with Gasteiger partial charge >= 0.3 is 0 Å². The molecule has 0 nitrogen and oxygen atoms in total. The van der Waals surface area contributed by atoms with Crippen molar-refractivity contribution >= 4 is 0 Å². The lowest BCUT2D eigenvalue weighted by Gasteiger charge is -2.04. The third-order valence-corrected chi connectivity index (χ3v) is 2.62. The third-order valence-electron chi connectivity index (χ3n) is 2.62. The maximum Gasteiger partial charge on any atom is -0.0297 e. The van der Waals surface area contributed by atoms with Gasteiger partial charge in [-0.2, -0.15) is 0 Å². The molecular weight excluding hydrogens is 96.1 g/mol. The van der Waals surface area contributed by atoms with Crippen molar-refractivity contribution in [1.29, 1.82) is 0 Å². The molecule has 48 valence electrons. The minimum atomic E-state index is 0.759. The van der Waals surface area contributed by atoms with Crippen LogP contribution in [-0.2, 0) is 0 Å². The van der Waals surface area contributed by atoms with Crippen molar-refractivity contribution in [2.75, 3.05) is 0 Å². The third kappa shape index (κ3) is 0.888. The van der Waals surface area contributed by atoms with Gasteiger partial charge < -0.3 is 0 Å². The molecule has 1 saturated carbocycles. The molecule has 2 unspecified atom stereocenters. The van der Waals surface area contributed by atoms with Crippen molar-refractivity contribution in [2.45, 2.75) is 40.0 Å². The highest BCUT2D eigenvalue weighted by atomic mass is 14.5. The Kier molecular flexibility index (Phi) is 1.34. The van der Waals surface area contributed by atoms with Gasteiger partial charge in [0.05, 0.1) is 0 Å². The van der Waals surface area contributed by atoms with Crippen LogP contribution in [0.1, 0.15) is 40.0 Å². The van der Waals surface area contributed by atoms with Crippen molar-refractivity contribution in [2.24, 2.45) is 11.3 Å². The zero-order valence-electron chi connectivity index (χ0n) is 6.20. The van der Waals surface area contributed by atoms with Crippen LogP contribution in [0.25, 0.3) is 0 Å². The summed E-state index contributed by atoms with van der Waals surface area (Å²) in [6.07, 6.45) is 4.27. The predicted octanol–water partition coefficient (Wildman–Crippen LogP) is 2.83. The van der Waals surface area contributed by atoms with Gasteiger partial charge in [0.15, 0.2) is 0 Å². The van der Waals surface area contributed by atoms with Gasteiger partial charge in [-0.1, -0.05) is 27.2 Å². The quantitative estimate of drug-likeness (QED) is 0.515. The van der Waals surface area contributed by atoms with E-state index in [1.165, 1.54) is 19.3 Å². The van der Waals surface area contributed by atoms with E-state index in [0.29, 0.717) is 0 Å². The van der Waals surface area contributed by atoms with Gasteiger partial charge in [0, 0.05) is 0 Å². The van der Waals surface area contributed by atoms with E-state index in [-0.39, 0.29) is 0 Å². The van der Waals surface area contributed by atoms with E-state index >= 15 is 0 Å². The highest BCUT2D eigenvalue weighted by molar-refractivity contribution is 4.95. The summed E-state index contributed by atoms with van der Waals surface area (Å²) in [5.41, 5.74) is 0.759. The van der Waals surface area contributed by atoms with E-state index in [9.17, 15) is 0 Å². The molecule has 1 aliphatic rings. The first-order valence-electron chi connectivity index (χ1n) is 3.69. The molecule has 0 N–H and O–H groups in total. The molecule has 2 atom stereocenters. The van der Waals surface area contributed by atoms with Crippen LogP contribution >= 0.6 is 0 Å². The van der Waals surface area contributed by atoms with Gasteiger partial charge in [-0.25, -0.2) is 0 Å². The zero-order chi connectivity index (χ0) is 6.20. The Labute approximate surface area is 52.3 Å². The smallest absolute Gasteiger partial charge is 0.0297 e. The van der Waals surface area contributed by atoms with Crippen LogP contribution in [0, 0.1) is 11.3 Å². The van der Waals surface area contributed by atoms with Crippen LogP contribution in [0.5, 0.6) is 0 Å². The van der Waals surface area contributed by atoms with Gasteiger partial charge in [0.1, 0.15) is 0 Å². The molecule has 0 aliphatic heterocycles. The average Bonchev–Trinajstić information content (AvgIpc) is 2.16. The minimum absolute atomic E-state index is 0.759. The van der Waals surface area contributed by atoms with Crippen LogP contribution < -0.4 is 0 Å². The van der Waals surface area contributed by atoms with E-state index in [1.807, 2.05) is 0 Å². The number of hydrogen-bond donors (Lipinski definition) is 0. The molecule has 0 aromatic carbocycles. The second kappa shape index (κ2) is 1.75. The van der Waals surface area contributed by atoms with Crippen molar-refractivity contribution in [3.63, 3.8) is 0 Å². The van der Waals surface area contributed by atoms with Gasteiger partial charge in [-0.3, -0.25) is 0 Å². The standard InChI is InChI=1S/C8H16/c1-4-5-8(3)6-7(8)2/h7H,4-6H2,1-3H3. The van der Waals surface area contributed by atoms with E-state index in [4.69, 9.17) is 0 Å². The first kappa shape index (κ1) is 6.12. The lowest BCUT2D eigenvalue weighted by Crippen LogP contribution is -1.93. The lowest BCUT2D eigenvalue weighted by molar-refractivity contribution is 0.468. The number of rotatable bonds is 2. The highest BCUT2D eigenvalue weighted by Gasteiger charge is 2.44. The minimum Gasteiger partial charge on any atom is -0.0654 e. The first-order valence-corrected chi connectivity index (χ1v) is 3.69. The highest BCUT2D eigenvalue weighted by Crippen LogP contribution is 2.54. The molecule has 1 fully saturated rings. The maximum atomic E-state index is 2.40. The first-order chi connectivity index (χ1) is 3.69. The largest absolute Gasteiger partial charge is 0.0654 e. The van der Waals surface area contributed by atoms with E-state index in [1.54, 1.807) is 0 Å². The fourth-order valence-electron chi connectivity index (χ4n) is 1.56. The van der Waals surface area contributed by atoms with Crippen LogP contribution in [0.15, 0.2) is 0 Å². The van der Waals surface area contributed by atoms with Crippen LogP contribution in [0.3, 0.4) is 0 Å². The van der Waals surface area contributed by atoms with Crippen LogP contribution in [0.4, 0.5) is 0 Å². The Morgan fingerprint density at radius 2 is 2.12 bits per heavy atom. The molecule has 0 aromatic heterocycles. The predicted molar refractivity (Wildman–Crippen MR) is 36.8 cm³/mol. The second-order valence-corrected chi connectivity index (χ2v) is 3.51. The van der Waals surface area contributed by atoms with E-state index < -0.39 is 0 Å². The molecule has 8 heavy (non-hydrogen) atoms. The monoisotopic (exact) mass is 112 g/mol. The van der Waals surface area contributed by atoms with Gasteiger partial charge in [0.25, 0.3) is 0 Å². The van der Waals surface area contributed by atoms with Gasteiger partial charge in [0.2, 0.25) is 0 Å². The Bertz CT molecular complexity index is 86.0. The number of hydrogen-bond acceptors (Lipinski definition) is 0. The summed E-state index contributed by atoms with van der Waals surface area (Å²) in [6.45, 7) is 7.03. The van der Waals surface area contributed by atoms with Gasteiger partial charge in [-0.05, 0) is 24.2 Å². The Morgan fingerprint density at radius 3 is 2.25 bits per heavy atom. The van der Waals surface area contributed by atoms with Crippen molar-refractivity contribution < 1.29 is 0 Å². The van der Waals surface area contributed by atoms with Crippen molar-refractivity contribution in [1.82, 2.24) is 0 Å². The Balaban J connectivity index is 2.25. The SMILES string of the molecule is CCCC1(C)CC1C. The summed E-state index contributed by atoms with van der Waals surface area (Å²) in [5.74, 6) is 1.02. The molecule has 0 aromatic rings. The molecule has 0 radical (unpaired) electrons. The van der Waals surface area contributed by atoms with Gasteiger partial charge in [-0.15, -0.1) is 0 Å². The summed E-state index contributed by atoms with van der Waals surface area (Å²) < 4.78 is 0. The fraction of sp³-hybridized carbons (Fsp3) is 1.00. The molecule has 0 heteroatoms. The van der Waals surface area contributed by atoms with Crippen molar-refractivity contribution in [3.05, 3.63) is 0 Å². The Hall–Kier alpha value is 0. The molecule has 1 aliphatic carbocycles. The molecule has 1 rings (SSSR count). The molecular formula is C8H16. The van der Waals surface area contributed by atoms with Crippen LogP contribution in [-0.4, -0.2) is 0 Å². The fourth-order valence-corrected chi connectivity index (χ4v) is 1.56. The zero-order valence-corrected chi connectivity index (χ0v) is 6.20. The maximum absolute atomic E-state index is 2.40.